The highest BCUT2D eigenvalue weighted by molar-refractivity contribution is 6.25. The van der Waals surface area contributed by atoms with Gasteiger partial charge in [0.1, 0.15) is 12.3 Å². The summed E-state index contributed by atoms with van der Waals surface area (Å²) in [5.74, 6) is 0.632. The largest absolute Gasteiger partial charge is 0.445 e. The maximum atomic E-state index is 13.0. The van der Waals surface area contributed by atoms with Gasteiger partial charge < -0.3 is 19.9 Å². The molecule has 1 amide bonds. The topological polar surface area (TPSA) is 94.4 Å². The average molecular weight is 327 g/mol. The van der Waals surface area contributed by atoms with Crippen molar-refractivity contribution >= 4 is 17.7 Å². The van der Waals surface area contributed by atoms with Crippen molar-refractivity contribution in [3.05, 3.63) is 34.3 Å². The van der Waals surface area contributed by atoms with E-state index in [0.29, 0.717) is 34.4 Å². The minimum atomic E-state index is -0.876. The van der Waals surface area contributed by atoms with Crippen molar-refractivity contribution in [1.29, 1.82) is 0 Å². The molecule has 3 heterocycles. The van der Waals surface area contributed by atoms with Gasteiger partial charge in [0.25, 0.3) is 0 Å². The first-order chi connectivity index (χ1) is 11.5. The summed E-state index contributed by atoms with van der Waals surface area (Å²) in [6.45, 7) is 3.51. The minimum Gasteiger partial charge on any atom is -0.445 e. The Kier molecular flexibility index (Phi) is 2.47. The fourth-order valence-electron chi connectivity index (χ4n) is 4.28. The summed E-state index contributed by atoms with van der Waals surface area (Å²) in [6.07, 6.45) is 1.65. The number of ketones is 2. The molecule has 7 heteroatoms. The number of hydrogen-bond acceptors (Lipinski definition) is 5. The molecule has 3 atom stereocenters. The van der Waals surface area contributed by atoms with Gasteiger partial charge in [-0.1, -0.05) is 0 Å². The van der Waals surface area contributed by atoms with Crippen LogP contribution in [0.25, 0.3) is 0 Å². The van der Waals surface area contributed by atoms with E-state index in [4.69, 9.17) is 10.5 Å². The van der Waals surface area contributed by atoms with Crippen molar-refractivity contribution in [3.63, 3.8) is 0 Å². The molecule has 4 aliphatic rings. The lowest BCUT2D eigenvalue weighted by Crippen LogP contribution is -2.24. The highest BCUT2D eigenvalue weighted by Crippen LogP contribution is 2.57. The second kappa shape index (κ2) is 4.28. The Labute approximate surface area is 138 Å². The Hall–Kier alpha value is -2.57. The standard InChI is InChI=1S/C17H17N3O4/c1-7-4-19(7)11-3-12(21)15-13(16(11)22)10(6-24-17(18)23)14-9-2-8(9)5-20(14)15/h3,7-9H,2,4-6H2,1H3,(H2,18,23). The second-order valence-corrected chi connectivity index (χ2v) is 7.13. The number of aromatic nitrogens is 1. The number of amides is 1. The molecular weight excluding hydrogens is 310 g/mol. The van der Waals surface area contributed by atoms with Crippen molar-refractivity contribution in [2.75, 3.05) is 6.54 Å². The minimum absolute atomic E-state index is 0.0505. The second-order valence-electron chi connectivity index (χ2n) is 7.13. The van der Waals surface area contributed by atoms with E-state index in [0.717, 1.165) is 25.2 Å². The van der Waals surface area contributed by atoms with E-state index in [1.165, 1.54) is 6.08 Å². The van der Waals surface area contributed by atoms with Crippen LogP contribution in [-0.4, -0.2) is 39.7 Å². The molecule has 3 unspecified atom stereocenters. The number of carbonyl (C=O) groups excluding carboxylic acids is 3. The third kappa shape index (κ3) is 1.69. The van der Waals surface area contributed by atoms with Gasteiger partial charge in [0.2, 0.25) is 11.6 Å². The van der Waals surface area contributed by atoms with Gasteiger partial charge in [-0.2, -0.15) is 0 Å². The van der Waals surface area contributed by atoms with Crippen LogP contribution >= 0.6 is 0 Å². The number of carbonyl (C=O) groups is 3. The first-order valence-corrected chi connectivity index (χ1v) is 8.22. The monoisotopic (exact) mass is 327 g/mol. The predicted molar refractivity (Wildman–Crippen MR) is 82.6 cm³/mol. The Bertz CT molecular complexity index is 866. The van der Waals surface area contributed by atoms with Crippen LogP contribution in [0.3, 0.4) is 0 Å². The molecule has 1 saturated heterocycles. The van der Waals surface area contributed by atoms with Gasteiger partial charge in [-0.15, -0.1) is 0 Å². The fourth-order valence-corrected chi connectivity index (χ4v) is 4.28. The summed E-state index contributed by atoms with van der Waals surface area (Å²) in [6, 6.07) is 0.280. The molecule has 2 fully saturated rings. The third-order valence-electron chi connectivity index (χ3n) is 5.59. The van der Waals surface area contributed by atoms with Crippen molar-refractivity contribution in [3.8, 4) is 0 Å². The quantitative estimate of drug-likeness (QED) is 0.841. The highest BCUT2D eigenvalue weighted by Gasteiger charge is 2.52. The molecule has 1 aromatic heterocycles. The van der Waals surface area contributed by atoms with E-state index in [1.807, 2.05) is 16.4 Å². The number of ether oxygens (including phenoxy) is 1. The number of nitrogens with zero attached hydrogens (tertiary/aromatic N) is 2. The van der Waals surface area contributed by atoms with E-state index < -0.39 is 6.09 Å². The molecule has 2 aliphatic heterocycles. The molecular formula is C17H17N3O4. The summed E-state index contributed by atoms with van der Waals surface area (Å²) < 4.78 is 6.95. The Balaban J connectivity index is 1.64. The highest BCUT2D eigenvalue weighted by atomic mass is 16.5. The molecule has 0 radical (unpaired) electrons. The zero-order valence-electron chi connectivity index (χ0n) is 13.2. The van der Waals surface area contributed by atoms with Gasteiger partial charge in [-0.25, -0.2) is 4.79 Å². The van der Waals surface area contributed by atoms with Crippen LogP contribution in [0, 0.1) is 5.92 Å². The summed E-state index contributed by atoms with van der Waals surface area (Å²) >= 11 is 0. The van der Waals surface area contributed by atoms with Gasteiger partial charge in [-0.3, -0.25) is 9.59 Å². The van der Waals surface area contributed by atoms with Crippen LogP contribution in [0.2, 0.25) is 0 Å². The molecule has 0 aromatic carbocycles. The van der Waals surface area contributed by atoms with Gasteiger partial charge in [0.15, 0.2) is 0 Å². The number of hydrogen-bond donors (Lipinski definition) is 1. The Morgan fingerprint density at radius 2 is 2.12 bits per heavy atom. The van der Waals surface area contributed by atoms with Gasteiger partial charge >= 0.3 is 6.09 Å². The third-order valence-corrected chi connectivity index (χ3v) is 5.59. The lowest BCUT2D eigenvalue weighted by atomic mass is 9.94. The average Bonchev–Trinajstić information content (AvgIpc) is 3.37. The number of rotatable bonds is 3. The van der Waals surface area contributed by atoms with Crippen molar-refractivity contribution < 1.29 is 19.1 Å². The van der Waals surface area contributed by atoms with Gasteiger partial charge in [0, 0.05) is 42.4 Å². The number of allylic oxidation sites excluding steroid dienone is 2. The molecule has 0 bridgehead atoms. The summed E-state index contributed by atoms with van der Waals surface area (Å²) in [5, 5.41) is 0. The predicted octanol–water partition coefficient (Wildman–Crippen LogP) is 1.17. The molecule has 2 N–H and O–H groups in total. The number of Topliss-reactive ketones (excluding diaryl/α,β-unsaturated/α-hetero) is 1. The Morgan fingerprint density at radius 3 is 2.79 bits per heavy atom. The SMILES string of the molecule is CC1CN1C1=CC(=O)c2c(c(COC(N)=O)c3n2CC2CC32)C1=O. The molecule has 24 heavy (non-hydrogen) atoms. The molecule has 1 aromatic rings. The van der Waals surface area contributed by atoms with E-state index in [1.54, 1.807) is 0 Å². The maximum absolute atomic E-state index is 13.0. The number of primary amides is 1. The number of fused-ring (bicyclic) bond motifs is 5. The number of nitrogens with two attached hydrogens (primary N) is 1. The molecule has 7 nitrogen and oxygen atoms in total. The summed E-state index contributed by atoms with van der Waals surface area (Å²) in [4.78, 5) is 38.7. The lowest BCUT2D eigenvalue weighted by molar-refractivity contribution is 0.0961. The smallest absolute Gasteiger partial charge is 0.404 e. The van der Waals surface area contributed by atoms with Gasteiger partial charge in [-0.05, 0) is 19.3 Å². The first-order valence-electron chi connectivity index (χ1n) is 8.22. The summed E-state index contributed by atoms with van der Waals surface area (Å²) in [5.41, 5.74) is 8.09. The van der Waals surface area contributed by atoms with E-state index >= 15 is 0 Å². The van der Waals surface area contributed by atoms with Crippen LogP contribution in [0.15, 0.2) is 11.8 Å². The van der Waals surface area contributed by atoms with Crippen molar-refractivity contribution in [2.45, 2.75) is 38.5 Å². The van der Waals surface area contributed by atoms with E-state index in [-0.39, 0.29) is 24.2 Å². The Morgan fingerprint density at radius 1 is 1.38 bits per heavy atom. The lowest BCUT2D eigenvalue weighted by Gasteiger charge is -2.16. The van der Waals surface area contributed by atoms with E-state index in [9.17, 15) is 14.4 Å². The summed E-state index contributed by atoms with van der Waals surface area (Å²) in [7, 11) is 0. The molecule has 0 spiro atoms. The van der Waals surface area contributed by atoms with Crippen LogP contribution < -0.4 is 5.73 Å². The maximum Gasteiger partial charge on any atom is 0.404 e. The zero-order chi connectivity index (χ0) is 16.7. The van der Waals surface area contributed by atoms with E-state index in [2.05, 4.69) is 0 Å². The van der Waals surface area contributed by atoms with Gasteiger partial charge in [0.05, 0.1) is 11.3 Å². The first kappa shape index (κ1) is 13.8. The van der Waals surface area contributed by atoms with Crippen LogP contribution in [0.1, 0.15) is 51.4 Å². The molecule has 2 aliphatic carbocycles. The molecule has 5 rings (SSSR count). The fraction of sp³-hybridized carbons (Fsp3) is 0.471. The van der Waals surface area contributed by atoms with Crippen LogP contribution in [0.4, 0.5) is 4.79 Å². The molecule has 124 valence electrons. The van der Waals surface area contributed by atoms with Crippen LogP contribution in [-0.2, 0) is 17.9 Å². The van der Waals surface area contributed by atoms with Crippen molar-refractivity contribution in [1.82, 2.24) is 9.47 Å². The normalized spacial score (nSPS) is 29.0. The van der Waals surface area contributed by atoms with Crippen LogP contribution in [0.5, 0.6) is 0 Å². The van der Waals surface area contributed by atoms with Crippen molar-refractivity contribution in [2.24, 2.45) is 11.7 Å². The zero-order valence-corrected chi connectivity index (χ0v) is 13.2. The molecule has 1 saturated carbocycles.